The summed E-state index contributed by atoms with van der Waals surface area (Å²) >= 11 is 3.28. The Morgan fingerprint density at radius 2 is 2.06 bits per heavy atom. The Morgan fingerprint density at radius 1 is 1.38 bits per heavy atom. The fraction of sp³-hybridized carbons (Fsp3) is 0.0909. The van der Waals surface area contributed by atoms with Crippen molar-refractivity contribution < 1.29 is 9.21 Å². The molecule has 0 unspecified atom stereocenters. The second kappa shape index (κ2) is 3.90. The normalized spacial score (nSPS) is 10.6. The van der Waals surface area contributed by atoms with Crippen LogP contribution >= 0.6 is 15.9 Å². The summed E-state index contributed by atoms with van der Waals surface area (Å²) in [6.45, 7) is 1.32. The second-order valence-corrected chi connectivity index (χ2v) is 4.33. The highest BCUT2D eigenvalue weighted by molar-refractivity contribution is 9.10. The van der Waals surface area contributed by atoms with Gasteiger partial charge in [-0.25, -0.2) is 4.79 Å². The Hall–Kier alpha value is -1.36. The SMILES string of the molecule is [B]c1cc(Br)cc2cc(C(C)=O)c(=O)oc12. The predicted octanol–water partition coefficient (Wildman–Crippen LogP) is 1.55. The Bertz CT molecular complexity index is 645. The van der Waals surface area contributed by atoms with Crippen LogP contribution in [0.5, 0.6) is 0 Å². The van der Waals surface area contributed by atoms with E-state index in [1.807, 2.05) is 0 Å². The number of fused-ring (bicyclic) bond motifs is 1. The molecule has 2 aromatic rings. The number of hydrogen-bond acceptors (Lipinski definition) is 3. The van der Waals surface area contributed by atoms with Gasteiger partial charge in [-0.1, -0.05) is 27.5 Å². The number of halogens is 1. The van der Waals surface area contributed by atoms with Gasteiger partial charge in [0.25, 0.3) is 0 Å². The average Bonchev–Trinajstić information content (AvgIpc) is 2.18. The molecular formula is C11H6BBrO3. The molecular weight excluding hydrogens is 271 g/mol. The van der Waals surface area contributed by atoms with Gasteiger partial charge in [-0.05, 0) is 19.1 Å². The Kier molecular flexibility index (Phi) is 2.72. The first kappa shape index (κ1) is 11.1. The lowest BCUT2D eigenvalue weighted by molar-refractivity contribution is 0.101. The molecule has 0 bridgehead atoms. The number of ketones is 1. The van der Waals surface area contributed by atoms with Crippen LogP contribution in [0.1, 0.15) is 17.3 Å². The summed E-state index contributed by atoms with van der Waals surface area (Å²) in [6, 6.07) is 4.87. The smallest absolute Gasteiger partial charge is 0.347 e. The molecule has 0 aliphatic rings. The van der Waals surface area contributed by atoms with Gasteiger partial charge in [0.15, 0.2) is 5.78 Å². The van der Waals surface area contributed by atoms with E-state index in [0.717, 1.165) is 4.47 Å². The quantitative estimate of drug-likeness (QED) is 0.451. The summed E-state index contributed by atoms with van der Waals surface area (Å²) in [5, 5.41) is 0.622. The zero-order chi connectivity index (χ0) is 11.9. The molecule has 0 spiro atoms. The van der Waals surface area contributed by atoms with Crippen molar-refractivity contribution in [1.29, 1.82) is 0 Å². The minimum absolute atomic E-state index is 0.0324. The average molecular weight is 277 g/mol. The summed E-state index contributed by atoms with van der Waals surface area (Å²) in [6.07, 6.45) is 0. The lowest BCUT2D eigenvalue weighted by Gasteiger charge is -2.03. The zero-order valence-electron chi connectivity index (χ0n) is 8.41. The fourth-order valence-electron chi connectivity index (χ4n) is 1.47. The number of rotatable bonds is 1. The van der Waals surface area contributed by atoms with E-state index in [-0.39, 0.29) is 11.3 Å². The molecule has 2 rings (SSSR count). The van der Waals surface area contributed by atoms with Crippen molar-refractivity contribution in [3.05, 3.63) is 38.7 Å². The van der Waals surface area contributed by atoms with Crippen LogP contribution in [0.25, 0.3) is 11.0 Å². The molecule has 0 saturated heterocycles. The van der Waals surface area contributed by atoms with Crippen LogP contribution in [0.3, 0.4) is 0 Å². The first-order chi connectivity index (χ1) is 7.49. The third-order valence-corrected chi connectivity index (χ3v) is 2.66. The third kappa shape index (κ3) is 1.83. The second-order valence-electron chi connectivity index (χ2n) is 3.42. The molecule has 0 fully saturated rings. The Labute approximate surface area is 101 Å². The topological polar surface area (TPSA) is 47.3 Å². The fourth-order valence-corrected chi connectivity index (χ4v) is 1.96. The number of hydrogen-bond donors (Lipinski definition) is 0. The molecule has 0 aliphatic heterocycles. The standard InChI is InChI=1S/C11H6BBrO3/c1-5(14)8-3-6-2-7(13)4-9(12)10(6)16-11(8)15/h2-4H,1H3. The predicted molar refractivity (Wildman–Crippen MR) is 65.6 cm³/mol. The van der Waals surface area contributed by atoms with Gasteiger partial charge in [0.05, 0.1) is 0 Å². The highest BCUT2D eigenvalue weighted by atomic mass is 79.9. The van der Waals surface area contributed by atoms with Gasteiger partial charge in [-0.2, -0.15) is 0 Å². The molecule has 0 aliphatic carbocycles. The molecule has 1 heterocycles. The van der Waals surface area contributed by atoms with Crippen LogP contribution in [-0.2, 0) is 0 Å². The van der Waals surface area contributed by atoms with Gasteiger partial charge in [0.1, 0.15) is 19.0 Å². The van der Waals surface area contributed by atoms with Crippen LogP contribution in [0.15, 0.2) is 31.9 Å². The first-order valence-corrected chi connectivity index (χ1v) is 5.32. The van der Waals surface area contributed by atoms with E-state index in [2.05, 4.69) is 15.9 Å². The van der Waals surface area contributed by atoms with Crippen molar-refractivity contribution in [3.63, 3.8) is 0 Å². The monoisotopic (exact) mass is 276 g/mol. The maximum atomic E-state index is 11.5. The molecule has 1 aromatic heterocycles. The molecule has 1 aromatic carbocycles. The molecule has 5 heteroatoms. The van der Waals surface area contributed by atoms with Crippen LogP contribution in [0.4, 0.5) is 0 Å². The third-order valence-electron chi connectivity index (χ3n) is 2.20. The molecule has 16 heavy (non-hydrogen) atoms. The van der Waals surface area contributed by atoms with E-state index < -0.39 is 5.63 Å². The maximum Gasteiger partial charge on any atom is 0.347 e. The number of benzene rings is 1. The lowest BCUT2D eigenvalue weighted by Crippen LogP contribution is -2.14. The molecule has 0 amide bonds. The number of carbonyl (C=O) groups is 1. The highest BCUT2D eigenvalue weighted by Crippen LogP contribution is 2.17. The summed E-state index contributed by atoms with van der Waals surface area (Å²) in [7, 11) is 5.70. The molecule has 0 saturated carbocycles. The van der Waals surface area contributed by atoms with E-state index in [0.29, 0.717) is 16.4 Å². The molecule has 0 N–H and O–H groups in total. The zero-order valence-corrected chi connectivity index (χ0v) is 10.00. The van der Waals surface area contributed by atoms with E-state index in [1.165, 1.54) is 13.0 Å². The van der Waals surface area contributed by atoms with E-state index >= 15 is 0 Å². The van der Waals surface area contributed by atoms with Crippen LogP contribution in [0, 0.1) is 0 Å². The van der Waals surface area contributed by atoms with Crippen molar-refractivity contribution in [3.8, 4) is 0 Å². The lowest BCUT2D eigenvalue weighted by atomic mass is 9.93. The maximum absolute atomic E-state index is 11.5. The molecule has 2 radical (unpaired) electrons. The summed E-state index contributed by atoms with van der Waals surface area (Å²) in [5.41, 5.74) is 0.0359. The van der Waals surface area contributed by atoms with Gasteiger partial charge in [-0.3, -0.25) is 4.79 Å². The van der Waals surface area contributed by atoms with Crippen molar-refractivity contribution in [2.75, 3.05) is 0 Å². The number of Topliss-reactive ketones (excluding diaryl/α,β-unsaturated/α-hetero) is 1. The summed E-state index contributed by atoms with van der Waals surface area (Å²) < 4.78 is 5.78. The molecule has 3 nitrogen and oxygen atoms in total. The largest absolute Gasteiger partial charge is 0.423 e. The Morgan fingerprint density at radius 3 is 2.69 bits per heavy atom. The molecule has 78 valence electrons. The van der Waals surface area contributed by atoms with Gasteiger partial charge in [0.2, 0.25) is 0 Å². The van der Waals surface area contributed by atoms with Gasteiger partial charge in [0, 0.05) is 9.86 Å². The van der Waals surface area contributed by atoms with Crippen molar-refractivity contribution in [1.82, 2.24) is 0 Å². The Balaban J connectivity index is 2.90. The summed E-state index contributed by atoms with van der Waals surface area (Å²) in [5.74, 6) is -0.325. The van der Waals surface area contributed by atoms with E-state index in [4.69, 9.17) is 12.3 Å². The van der Waals surface area contributed by atoms with Crippen LogP contribution in [-0.4, -0.2) is 13.6 Å². The minimum Gasteiger partial charge on any atom is -0.423 e. The molecule has 0 atom stereocenters. The van der Waals surface area contributed by atoms with Gasteiger partial charge in [-0.15, -0.1) is 0 Å². The highest BCUT2D eigenvalue weighted by Gasteiger charge is 2.10. The number of carbonyl (C=O) groups excluding carboxylic acids is 1. The van der Waals surface area contributed by atoms with Crippen molar-refractivity contribution in [2.24, 2.45) is 0 Å². The van der Waals surface area contributed by atoms with Gasteiger partial charge >= 0.3 is 5.63 Å². The summed E-state index contributed by atoms with van der Waals surface area (Å²) in [4.78, 5) is 22.6. The van der Waals surface area contributed by atoms with E-state index in [9.17, 15) is 9.59 Å². The minimum atomic E-state index is -0.658. The van der Waals surface area contributed by atoms with Crippen molar-refractivity contribution in [2.45, 2.75) is 6.92 Å². The van der Waals surface area contributed by atoms with Gasteiger partial charge < -0.3 is 4.42 Å². The van der Waals surface area contributed by atoms with E-state index in [1.54, 1.807) is 12.1 Å². The van der Waals surface area contributed by atoms with Crippen LogP contribution < -0.4 is 11.1 Å². The van der Waals surface area contributed by atoms with Crippen LogP contribution in [0.2, 0.25) is 0 Å². The van der Waals surface area contributed by atoms with Crippen molar-refractivity contribution >= 4 is 46.0 Å². The first-order valence-electron chi connectivity index (χ1n) is 4.53.